The molecule has 0 aliphatic heterocycles. The van der Waals surface area contributed by atoms with Crippen molar-refractivity contribution in [1.29, 1.82) is 0 Å². The number of pyridine rings is 1. The number of halogens is 2. The van der Waals surface area contributed by atoms with Crippen LogP contribution < -0.4 is 10.6 Å². The number of nitrogens with one attached hydrogen (secondary N) is 2. The Labute approximate surface area is 224 Å². The van der Waals surface area contributed by atoms with Gasteiger partial charge in [0.2, 0.25) is 5.71 Å². The molecule has 3 fully saturated rings. The Balaban J connectivity index is 1.48. The average Bonchev–Trinajstić information content (AvgIpc) is 3.61. The third-order valence-electron chi connectivity index (χ3n) is 7.89. The van der Waals surface area contributed by atoms with Crippen molar-refractivity contribution in [3.8, 4) is 22.5 Å². The van der Waals surface area contributed by atoms with Crippen molar-refractivity contribution in [2.75, 3.05) is 7.05 Å². The number of carbonyl (C=O) groups excluding carboxylic acids is 2. The fraction of sp³-hybridized carbons (Fsp3) is 0.258. The molecule has 2 aromatic carbocycles. The first kappa shape index (κ1) is 25.0. The van der Waals surface area contributed by atoms with Gasteiger partial charge < -0.3 is 15.1 Å². The molecule has 2 heterocycles. The summed E-state index contributed by atoms with van der Waals surface area (Å²) in [5.41, 5.74) is 2.46. The molecule has 2 N–H and O–H groups in total. The van der Waals surface area contributed by atoms with Crippen LogP contribution >= 0.6 is 0 Å². The molecule has 2 aromatic heterocycles. The van der Waals surface area contributed by atoms with Crippen molar-refractivity contribution in [2.24, 2.45) is 5.92 Å². The zero-order valence-corrected chi connectivity index (χ0v) is 21.6. The fourth-order valence-corrected chi connectivity index (χ4v) is 5.98. The van der Waals surface area contributed by atoms with Crippen LogP contribution in [0.4, 0.5) is 8.78 Å². The Kier molecular flexibility index (Phi) is 6.05. The van der Waals surface area contributed by atoms with E-state index in [1.165, 1.54) is 43.4 Å². The second kappa shape index (κ2) is 9.45. The quantitative estimate of drug-likeness (QED) is 0.300. The summed E-state index contributed by atoms with van der Waals surface area (Å²) in [6, 6.07) is 11.8. The molecule has 8 heteroatoms. The van der Waals surface area contributed by atoms with Gasteiger partial charge in [-0.05, 0) is 92.6 Å². The molecule has 4 aromatic rings. The van der Waals surface area contributed by atoms with Crippen LogP contribution in [0.1, 0.15) is 59.0 Å². The SMILES string of the molecule is CC=Cc1nc2oc(-c3ccc(F)cc3)c(C(=O)NC)c2cc1-c1ccc(F)c(C(=O)NC23CCC(C2)C3)c1. The molecule has 0 unspecified atom stereocenters. The molecular formula is C31H27F2N3O3. The van der Waals surface area contributed by atoms with E-state index < -0.39 is 23.4 Å². The zero-order chi connectivity index (χ0) is 27.3. The number of fused-ring (bicyclic) bond motifs is 2. The van der Waals surface area contributed by atoms with Crippen molar-refractivity contribution in [3.63, 3.8) is 0 Å². The van der Waals surface area contributed by atoms with Gasteiger partial charge in [-0.1, -0.05) is 12.1 Å². The average molecular weight is 528 g/mol. The molecule has 0 spiro atoms. The van der Waals surface area contributed by atoms with Gasteiger partial charge in [0.15, 0.2) is 0 Å². The normalized spacial score (nSPS) is 19.8. The Morgan fingerprint density at radius 3 is 2.46 bits per heavy atom. The number of furan rings is 1. The van der Waals surface area contributed by atoms with Gasteiger partial charge in [-0.25, -0.2) is 13.8 Å². The maximum Gasteiger partial charge on any atom is 0.255 e. The number of hydrogen-bond acceptors (Lipinski definition) is 4. The fourth-order valence-electron chi connectivity index (χ4n) is 5.98. The molecule has 2 amide bonds. The van der Waals surface area contributed by atoms with Gasteiger partial charge >= 0.3 is 0 Å². The molecule has 2 bridgehead atoms. The monoisotopic (exact) mass is 527 g/mol. The minimum absolute atomic E-state index is 0.0329. The Hall–Kier alpha value is -4.33. The van der Waals surface area contributed by atoms with Crippen LogP contribution in [0.2, 0.25) is 0 Å². The van der Waals surface area contributed by atoms with Crippen molar-refractivity contribution < 1.29 is 22.8 Å². The van der Waals surface area contributed by atoms with Gasteiger partial charge in [0.25, 0.3) is 11.8 Å². The minimum Gasteiger partial charge on any atom is -0.437 e. The topological polar surface area (TPSA) is 84.2 Å². The molecular weight excluding hydrogens is 500 g/mol. The maximum atomic E-state index is 14.9. The Bertz CT molecular complexity index is 1640. The third-order valence-corrected chi connectivity index (χ3v) is 7.89. The van der Waals surface area contributed by atoms with E-state index in [2.05, 4.69) is 15.6 Å². The van der Waals surface area contributed by atoms with E-state index in [-0.39, 0.29) is 28.1 Å². The predicted octanol–water partition coefficient (Wildman–Crippen LogP) is 6.51. The van der Waals surface area contributed by atoms with E-state index in [4.69, 9.17) is 4.42 Å². The summed E-state index contributed by atoms with van der Waals surface area (Å²) in [4.78, 5) is 30.8. The standard InChI is InChI=1S/C31H27F2N3O3/c1-3-4-25-21(19-7-10-24(33)22(13-19)28(37)36-31-12-11-17(15-31)16-31)14-23-26(29(38)34-2)27(39-30(23)35-25)18-5-8-20(32)9-6-18/h3-10,13-14,17H,11-12,15-16H2,1-2H3,(H,34,38)(H,36,37). The van der Waals surface area contributed by atoms with E-state index in [0.29, 0.717) is 33.7 Å². The van der Waals surface area contributed by atoms with Crippen molar-refractivity contribution in [3.05, 3.63) is 83.1 Å². The zero-order valence-electron chi connectivity index (χ0n) is 21.6. The molecule has 6 nitrogen and oxygen atoms in total. The first-order valence-corrected chi connectivity index (χ1v) is 13.0. The molecule has 198 valence electrons. The smallest absolute Gasteiger partial charge is 0.255 e. The summed E-state index contributed by atoms with van der Waals surface area (Å²) in [5, 5.41) is 6.16. The number of benzene rings is 2. The van der Waals surface area contributed by atoms with Gasteiger partial charge in [0.1, 0.15) is 17.4 Å². The lowest BCUT2D eigenvalue weighted by Gasteiger charge is -2.39. The molecule has 7 rings (SSSR count). The van der Waals surface area contributed by atoms with Crippen molar-refractivity contribution in [1.82, 2.24) is 15.6 Å². The second-order valence-corrected chi connectivity index (χ2v) is 10.4. The van der Waals surface area contributed by atoms with Crippen LogP contribution in [0.3, 0.4) is 0 Å². The van der Waals surface area contributed by atoms with Crippen LogP contribution in [0.15, 0.2) is 59.0 Å². The lowest BCUT2D eigenvalue weighted by molar-refractivity contribution is 0.0836. The molecule has 0 saturated heterocycles. The number of carbonyl (C=O) groups is 2. The summed E-state index contributed by atoms with van der Waals surface area (Å²) in [6.45, 7) is 1.84. The molecule has 3 aliphatic rings. The van der Waals surface area contributed by atoms with E-state index in [0.717, 1.165) is 25.7 Å². The largest absolute Gasteiger partial charge is 0.437 e. The first-order chi connectivity index (χ1) is 18.8. The molecule has 0 atom stereocenters. The summed E-state index contributed by atoms with van der Waals surface area (Å²) in [7, 11) is 1.51. The number of hydrogen-bond donors (Lipinski definition) is 2. The minimum atomic E-state index is -0.601. The number of rotatable bonds is 6. The highest BCUT2D eigenvalue weighted by atomic mass is 19.1. The second-order valence-electron chi connectivity index (χ2n) is 10.4. The summed E-state index contributed by atoms with van der Waals surface area (Å²) in [5.74, 6) is -0.914. The number of allylic oxidation sites excluding steroid dienone is 1. The number of aromatic nitrogens is 1. The highest BCUT2D eigenvalue weighted by Gasteiger charge is 2.51. The van der Waals surface area contributed by atoms with Gasteiger partial charge in [-0.3, -0.25) is 9.59 Å². The van der Waals surface area contributed by atoms with Crippen LogP contribution in [-0.4, -0.2) is 29.4 Å². The van der Waals surface area contributed by atoms with Gasteiger partial charge in [-0.15, -0.1) is 0 Å². The lowest BCUT2D eigenvalue weighted by Crippen LogP contribution is -2.51. The van der Waals surface area contributed by atoms with Gasteiger partial charge in [0.05, 0.1) is 22.2 Å². The Morgan fingerprint density at radius 2 is 1.79 bits per heavy atom. The van der Waals surface area contributed by atoms with Crippen LogP contribution in [0.25, 0.3) is 39.6 Å². The number of amides is 2. The van der Waals surface area contributed by atoms with Crippen LogP contribution in [-0.2, 0) is 0 Å². The highest BCUT2D eigenvalue weighted by Crippen LogP contribution is 2.52. The van der Waals surface area contributed by atoms with E-state index in [9.17, 15) is 18.4 Å². The van der Waals surface area contributed by atoms with E-state index in [1.54, 1.807) is 18.2 Å². The maximum absolute atomic E-state index is 14.9. The predicted molar refractivity (Wildman–Crippen MR) is 145 cm³/mol. The van der Waals surface area contributed by atoms with Crippen LogP contribution in [0, 0.1) is 17.6 Å². The van der Waals surface area contributed by atoms with Gasteiger partial charge in [-0.2, -0.15) is 0 Å². The van der Waals surface area contributed by atoms with Gasteiger partial charge in [0, 0.05) is 23.7 Å². The Morgan fingerprint density at radius 1 is 1.05 bits per heavy atom. The van der Waals surface area contributed by atoms with Crippen LogP contribution in [0.5, 0.6) is 0 Å². The molecule has 3 saturated carbocycles. The summed E-state index contributed by atoms with van der Waals surface area (Å²) in [6.07, 6.45) is 7.51. The molecule has 39 heavy (non-hydrogen) atoms. The highest BCUT2D eigenvalue weighted by molar-refractivity contribution is 6.11. The first-order valence-electron chi connectivity index (χ1n) is 13.0. The van der Waals surface area contributed by atoms with E-state index >= 15 is 0 Å². The summed E-state index contributed by atoms with van der Waals surface area (Å²) < 4.78 is 34.5. The molecule has 0 radical (unpaired) electrons. The van der Waals surface area contributed by atoms with E-state index in [1.807, 2.05) is 13.0 Å². The van der Waals surface area contributed by atoms with Crippen molar-refractivity contribution >= 4 is 29.0 Å². The van der Waals surface area contributed by atoms with Crippen molar-refractivity contribution in [2.45, 2.75) is 38.1 Å². The summed E-state index contributed by atoms with van der Waals surface area (Å²) >= 11 is 0. The lowest BCUT2D eigenvalue weighted by atomic mass is 9.77. The molecule has 3 aliphatic carbocycles. The number of nitrogens with zero attached hydrogens (tertiary/aromatic N) is 1. The third kappa shape index (κ3) is 4.30.